The minimum atomic E-state index is 0.169. The van der Waals surface area contributed by atoms with Crippen LogP contribution >= 0.6 is 0 Å². The topological polar surface area (TPSA) is 42.4 Å². The molecule has 0 bridgehead atoms. The van der Waals surface area contributed by atoms with Crippen LogP contribution in [0.4, 0.5) is 5.69 Å². The summed E-state index contributed by atoms with van der Waals surface area (Å²) in [7, 11) is 1.61. The van der Waals surface area contributed by atoms with Crippen LogP contribution in [-0.2, 0) is 4.79 Å². The fourth-order valence-electron chi connectivity index (χ4n) is 2.25. The van der Waals surface area contributed by atoms with Crippen molar-refractivity contribution in [1.29, 1.82) is 0 Å². The second kappa shape index (κ2) is 5.17. The van der Waals surface area contributed by atoms with Crippen LogP contribution in [0.2, 0.25) is 0 Å². The third kappa shape index (κ3) is 2.75. The van der Waals surface area contributed by atoms with Crippen LogP contribution in [0.1, 0.15) is 19.8 Å². The maximum atomic E-state index is 11.4. The van der Waals surface area contributed by atoms with Gasteiger partial charge in [-0.3, -0.25) is 4.79 Å². The highest BCUT2D eigenvalue weighted by Gasteiger charge is 2.23. The number of hydrogen-bond donors (Lipinski definition) is 0. The van der Waals surface area contributed by atoms with Gasteiger partial charge in [0.1, 0.15) is 5.78 Å². The van der Waals surface area contributed by atoms with Crippen molar-refractivity contribution in [2.75, 3.05) is 25.1 Å². The number of anilines is 1. The lowest BCUT2D eigenvalue weighted by atomic mass is 9.94. The number of hydrogen-bond acceptors (Lipinski definition) is 4. The lowest BCUT2D eigenvalue weighted by molar-refractivity contribution is -0.120. The Hall–Kier alpha value is -1.58. The first-order valence-electron chi connectivity index (χ1n) is 5.96. The van der Waals surface area contributed by atoms with Crippen LogP contribution in [0.5, 0.6) is 5.88 Å². The van der Waals surface area contributed by atoms with Gasteiger partial charge in [0, 0.05) is 37.0 Å². The zero-order chi connectivity index (χ0) is 12.3. The number of carbonyl (C=O) groups is 1. The first-order chi connectivity index (χ1) is 8.20. The third-order valence-corrected chi connectivity index (χ3v) is 3.29. The van der Waals surface area contributed by atoms with Crippen molar-refractivity contribution in [3.05, 3.63) is 18.3 Å². The number of ether oxygens (including phenoxy) is 1. The van der Waals surface area contributed by atoms with E-state index in [0.717, 1.165) is 31.6 Å². The Morgan fingerprint density at radius 3 is 3.12 bits per heavy atom. The smallest absolute Gasteiger partial charge is 0.214 e. The summed E-state index contributed by atoms with van der Waals surface area (Å²) in [5.41, 5.74) is 1.09. The van der Waals surface area contributed by atoms with E-state index in [9.17, 15) is 4.79 Å². The largest absolute Gasteiger partial charge is 0.481 e. The van der Waals surface area contributed by atoms with Gasteiger partial charge in [-0.1, -0.05) is 0 Å². The van der Waals surface area contributed by atoms with Crippen molar-refractivity contribution in [2.24, 2.45) is 5.92 Å². The molecular formula is C13H18N2O2. The molecule has 0 amide bonds. The minimum absolute atomic E-state index is 0.169. The zero-order valence-corrected chi connectivity index (χ0v) is 10.3. The number of aromatic nitrogens is 1. The van der Waals surface area contributed by atoms with Crippen molar-refractivity contribution in [1.82, 2.24) is 4.98 Å². The maximum absolute atomic E-state index is 11.4. The molecule has 0 N–H and O–H groups in total. The van der Waals surface area contributed by atoms with E-state index in [4.69, 9.17) is 4.74 Å². The Kier molecular flexibility index (Phi) is 3.61. The van der Waals surface area contributed by atoms with Gasteiger partial charge in [-0.25, -0.2) is 4.98 Å². The van der Waals surface area contributed by atoms with Crippen molar-refractivity contribution < 1.29 is 9.53 Å². The summed E-state index contributed by atoms with van der Waals surface area (Å²) in [5.74, 6) is 1.08. The second-order valence-corrected chi connectivity index (χ2v) is 4.45. The number of pyridine rings is 1. The maximum Gasteiger partial charge on any atom is 0.214 e. The highest BCUT2D eigenvalue weighted by atomic mass is 16.5. The average Bonchev–Trinajstić information content (AvgIpc) is 2.39. The van der Waals surface area contributed by atoms with E-state index in [-0.39, 0.29) is 11.7 Å². The van der Waals surface area contributed by atoms with Gasteiger partial charge in [0.25, 0.3) is 0 Å². The summed E-state index contributed by atoms with van der Waals surface area (Å²) in [6, 6.07) is 3.88. The lowest BCUT2D eigenvalue weighted by Gasteiger charge is -2.33. The molecule has 1 aliphatic rings. The molecule has 92 valence electrons. The summed E-state index contributed by atoms with van der Waals surface area (Å²) < 4.78 is 5.12. The Morgan fingerprint density at radius 2 is 2.41 bits per heavy atom. The van der Waals surface area contributed by atoms with Crippen molar-refractivity contribution in [3.8, 4) is 5.88 Å². The standard InChI is InChI=1S/C13H18N2O2/c1-10(16)11-4-3-7-15(9-11)12-5-6-14-13(8-12)17-2/h5-6,8,11H,3-4,7,9H2,1-2H3. The normalized spacial score (nSPS) is 20.1. The molecule has 1 aliphatic heterocycles. The molecule has 0 saturated carbocycles. The number of carbonyl (C=O) groups excluding carboxylic acids is 1. The van der Waals surface area contributed by atoms with E-state index in [1.54, 1.807) is 20.2 Å². The first-order valence-corrected chi connectivity index (χ1v) is 5.96. The van der Waals surface area contributed by atoms with Gasteiger partial charge in [-0.05, 0) is 25.8 Å². The minimum Gasteiger partial charge on any atom is -0.481 e. The van der Waals surface area contributed by atoms with Gasteiger partial charge in [0.05, 0.1) is 7.11 Å². The molecule has 0 aliphatic carbocycles. The molecule has 4 nitrogen and oxygen atoms in total. The van der Waals surface area contributed by atoms with Gasteiger partial charge >= 0.3 is 0 Å². The Bertz CT molecular complexity index is 406. The molecule has 1 atom stereocenters. The van der Waals surface area contributed by atoms with Gasteiger partial charge in [0.2, 0.25) is 5.88 Å². The second-order valence-electron chi connectivity index (χ2n) is 4.45. The Labute approximate surface area is 102 Å². The Morgan fingerprint density at radius 1 is 1.59 bits per heavy atom. The quantitative estimate of drug-likeness (QED) is 0.801. The van der Waals surface area contributed by atoms with Crippen LogP contribution in [0.25, 0.3) is 0 Å². The van der Waals surface area contributed by atoms with Crippen molar-refractivity contribution >= 4 is 11.5 Å². The van der Waals surface area contributed by atoms with Gasteiger partial charge in [-0.2, -0.15) is 0 Å². The van der Waals surface area contributed by atoms with E-state index in [2.05, 4.69) is 9.88 Å². The van der Waals surface area contributed by atoms with Crippen molar-refractivity contribution in [3.63, 3.8) is 0 Å². The summed E-state index contributed by atoms with van der Waals surface area (Å²) in [6.45, 7) is 3.49. The number of piperidine rings is 1. The highest BCUT2D eigenvalue weighted by Crippen LogP contribution is 2.25. The number of methoxy groups -OCH3 is 1. The van der Waals surface area contributed by atoms with Crippen LogP contribution in [0.3, 0.4) is 0 Å². The van der Waals surface area contributed by atoms with Gasteiger partial charge in [-0.15, -0.1) is 0 Å². The van der Waals surface area contributed by atoms with Crippen LogP contribution in [0, 0.1) is 5.92 Å². The first kappa shape index (κ1) is 11.9. The van der Waals surface area contributed by atoms with E-state index >= 15 is 0 Å². The summed E-state index contributed by atoms with van der Waals surface area (Å²) >= 11 is 0. The molecular weight excluding hydrogens is 216 g/mol. The Balaban J connectivity index is 2.13. The van der Waals surface area contributed by atoms with Crippen LogP contribution in [-0.4, -0.2) is 31.0 Å². The SMILES string of the molecule is COc1cc(N2CCCC(C(C)=O)C2)ccn1. The predicted molar refractivity (Wildman–Crippen MR) is 66.4 cm³/mol. The predicted octanol–water partition coefficient (Wildman–Crippen LogP) is 1.90. The molecule has 1 aromatic heterocycles. The zero-order valence-electron chi connectivity index (χ0n) is 10.3. The van der Waals surface area contributed by atoms with E-state index in [0.29, 0.717) is 5.88 Å². The van der Waals surface area contributed by atoms with Gasteiger partial charge < -0.3 is 9.64 Å². The summed E-state index contributed by atoms with van der Waals surface area (Å²) in [5, 5.41) is 0. The molecule has 0 aromatic carbocycles. The molecule has 1 saturated heterocycles. The number of Topliss-reactive ketones (excluding diaryl/α,β-unsaturated/α-hetero) is 1. The third-order valence-electron chi connectivity index (χ3n) is 3.29. The lowest BCUT2D eigenvalue weighted by Crippen LogP contribution is -2.38. The molecule has 0 spiro atoms. The molecule has 4 heteroatoms. The monoisotopic (exact) mass is 234 g/mol. The average molecular weight is 234 g/mol. The number of nitrogens with zero attached hydrogens (tertiary/aromatic N) is 2. The molecule has 1 unspecified atom stereocenters. The van der Waals surface area contributed by atoms with Gasteiger partial charge in [0.15, 0.2) is 0 Å². The van der Waals surface area contributed by atoms with Crippen LogP contribution in [0.15, 0.2) is 18.3 Å². The fourth-order valence-corrected chi connectivity index (χ4v) is 2.25. The number of rotatable bonds is 3. The van der Waals surface area contributed by atoms with E-state index in [1.807, 2.05) is 12.1 Å². The van der Waals surface area contributed by atoms with E-state index in [1.165, 1.54) is 0 Å². The molecule has 0 radical (unpaired) electrons. The molecule has 2 rings (SSSR count). The fraction of sp³-hybridized carbons (Fsp3) is 0.538. The molecule has 1 aromatic rings. The summed E-state index contributed by atoms with van der Waals surface area (Å²) in [6.07, 6.45) is 3.81. The summed E-state index contributed by atoms with van der Waals surface area (Å²) in [4.78, 5) is 17.8. The molecule has 2 heterocycles. The van der Waals surface area contributed by atoms with Crippen molar-refractivity contribution in [2.45, 2.75) is 19.8 Å². The van der Waals surface area contributed by atoms with E-state index < -0.39 is 0 Å². The molecule has 17 heavy (non-hydrogen) atoms. The number of ketones is 1. The highest BCUT2D eigenvalue weighted by molar-refractivity contribution is 5.79. The molecule has 1 fully saturated rings. The van der Waals surface area contributed by atoms with Crippen LogP contribution < -0.4 is 9.64 Å².